The van der Waals surface area contributed by atoms with Gasteiger partial charge in [0, 0.05) is 41.8 Å². The van der Waals surface area contributed by atoms with Crippen LogP contribution in [0.1, 0.15) is 34.3 Å². The average Bonchev–Trinajstić information content (AvgIpc) is 2.48. The van der Waals surface area contributed by atoms with E-state index in [-0.39, 0.29) is 6.04 Å². The topological polar surface area (TPSA) is 59.9 Å². The summed E-state index contributed by atoms with van der Waals surface area (Å²) in [5.74, 6) is 1.68. The van der Waals surface area contributed by atoms with Crippen LogP contribution in [0.25, 0.3) is 0 Å². The summed E-state index contributed by atoms with van der Waals surface area (Å²) < 4.78 is 5.46. The molecule has 2 aromatic rings. The van der Waals surface area contributed by atoms with Crippen LogP contribution < -0.4 is 10.1 Å². The second-order valence-electron chi connectivity index (χ2n) is 5.21. The lowest BCUT2D eigenvalue weighted by molar-refractivity contribution is 0.406. The molecular formula is C16H22N4O. The van der Waals surface area contributed by atoms with E-state index in [0.717, 1.165) is 40.4 Å². The maximum Gasteiger partial charge on any atom is 0.145 e. The minimum atomic E-state index is 0.0317. The molecule has 0 aromatic carbocycles. The maximum atomic E-state index is 5.46. The van der Waals surface area contributed by atoms with Gasteiger partial charge in [0.05, 0.1) is 13.2 Å². The van der Waals surface area contributed by atoms with Crippen molar-refractivity contribution < 1.29 is 4.74 Å². The summed E-state index contributed by atoms with van der Waals surface area (Å²) in [7, 11) is 3.60. The van der Waals surface area contributed by atoms with Crippen LogP contribution in [0.5, 0.6) is 5.75 Å². The zero-order valence-electron chi connectivity index (χ0n) is 13.3. The van der Waals surface area contributed by atoms with Crippen molar-refractivity contribution in [2.45, 2.75) is 33.2 Å². The molecule has 0 bridgehead atoms. The van der Waals surface area contributed by atoms with Gasteiger partial charge in [-0.05, 0) is 33.4 Å². The van der Waals surface area contributed by atoms with Crippen molar-refractivity contribution >= 4 is 0 Å². The standard InChI is InChI=1S/C16H22N4O/c1-10-7-19-16(20-8-10)14(17-4)6-13-12(3)15(21-5)11(2)9-18-13/h7-9,14,17H,6H2,1-5H3. The number of ether oxygens (including phenoxy) is 1. The van der Waals surface area contributed by atoms with Crippen LogP contribution in [-0.2, 0) is 6.42 Å². The van der Waals surface area contributed by atoms with Gasteiger partial charge in [-0.3, -0.25) is 4.98 Å². The second-order valence-corrected chi connectivity index (χ2v) is 5.21. The highest BCUT2D eigenvalue weighted by Gasteiger charge is 2.17. The number of nitrogens with one attached hydrogen (secondary N) is 1. The van der Waals surface area contributed by atoms with Crippen LogP contribution in [0.2, 0.25) is 0 Å². The van der Waals surface area contributed by atoms with Gasteiger partial charge in [-0.25, -0.2) is 9.97 Å². The highest BCUT2D eigenvalue weighted by atomic mass is 16.5. The lowest BCUT2D eigenvalue weighted by Gasteiger charge is -2.17. The van der Waals surface area contributed by atoms with Gasteiger partial charge in [-0.15, -0.1) is 0 Å². The fourth-order valence-electron chi connectivity index (χ4n) is 2.38. The molecule has 1 N–H and O–H groups in total. The van der Waals surface area contributed by atoms with Crippen molar-refractivity contribution in [2.24, 2.45) is 0 Å². The molecule has 112 valence electrons. The van der Waals surface area contributed by atoms with E-state index in [4.69, 9.17) is 4.74 Å². The smallest absolute Gasteiger partial charge is 0.145 e. The molecule has 0 saturated carbocycles. The Labute approximate surface area is 125 Å². The van der Waals surface area contributed by atoms with Gasteiger partial charge in [0.15, 0.2) is 0 Å². The first-order chi connectivity index (χ1) is 10.1. The molecule has 21 heavy (non-hydrogen) atoms. The fourth-order valence-corrected chi connectivity index (χ4v) is 2.38. The summed E-state index contributed by atoms with van der Waals surface area (Å²) in [5, 5.41) is 3.26. The molecule has 0 aliphatic heterocycles. The zero-order chi connectivity index (χ0) is 15.4. The van der Waals surface area contributed by atoms with Crippen LogP contribution in [-0.4, -0.2) is 29.1 Å². The third-order valence-corrected chi connectivity index (χ3v) is 3.61. The van der Waals surface area contributed by atoms with Gasteiger partial charge in [0.1, 0.15) is 11.6 Å². The summed E-state index contributed by atoms with van der Waals surface area (Å²) in [4.78, 5) is 13.3. The van der Waals surface area contributed by atoms with E-state index in [0.29, 0.717) is 0 Å². The molecule has 1 unspecified atom stereocenters. The average molecular weight is 286 g/mol. The molecule has 5 heteroatoms. The molecule has 0 spiro atoms. The quantitative estimate of drug-likeness (QED) is 0.914. The van der Waals surface area contributed by atoms with E-state index in [2.05, 4.69) is 20.3 Å². The number of nitrogens with zero attached hydrogens (tertiary/aromatic N) is 3. The summed E-state index contributed by atoms with van der Waals surface area (Å²) in [6.07, 6.45) is 6.25. The first-order valence-corrected chi connectivity index (χ1v) is 7.01. The second kappa shape index (κ2) is 6.63. The Morgan fingerprint density at radius 2 is 1.76 bits per heavy atom. The van der Waals surface area contributed by atoms with Crippen LogP contribution in [0, 0.1) is 20.8 Å². The van der Waals surface area contributed by atoms with E-state index in [1.54, 1.807) is 7.11 Å². The summed E-state index contributed by atoms with van der Waals surface area (Å²) in [6.45, 7) is 6.02. The molecule has 5 nitrogen and oxygen atoms in total. The minimum Gasteiger partial charge on any atom is -0.496 e. The number of pyridine rings is 1. The predicted molar refractivity (Wildman–Crippen MR) is 82.5 cm³/mol. The van der Waals surface area contributed by atoms with Crippen molar-refractivity contribution in [1.82, 2.24) is 20.3 Å². The van der Waals surface area contributed by atoms with Crippen LogP contribution in [0.3, 0.4) is 0 Å². The first kappa shape index (κ1) is 15.4. The highest BCUT2D eigenvalue weighted by Crippen LogP contribution is 2.26. The molecule has 0 aliphatic carbocycles. The van der Waals surface area contributed by atoms with Crippen molar-refractivity contribution in [3.8, 4) is 5.75 Å². The van der Waals surface area contributed by atoms with Gasteiger partial charge in [-0.2, -0.15) is 0 Å². The predicted octanol–water partition coefficient (Wildman–Crippen LogP) is 2.31. The molecule has 2 rings (SSSR count). The lowest BCUT2D eigenvalue weighted by Crippen LogP contribution is -2.22. The molecular weight excluding hydrogens is 264 g/mol. The molecule has 0 amide bonds. The Balaban J connectivity index is 2.29. The molecule has 2 aromatic heterocycles. The van der Waals surface area contributed by atoms with Crippen LogP contribution in [0.4, 0.5) is 0 Å². The van der Waals surface area contributed by atoms with Crippen molar-refractivity contribution in [3.05, 3.63) is 46.8 Å². The van der Waals surface area contributed by atoms with E-state index in [9.17, 15) is 0 Å². The van der Waals surface area contributed by atoms with Gasteiger partial charge in [0.2, 0.25) is 0 Å². The maximum absolute atomic E-state index is 5.46. The Morgan fingerprint density at radius 1 is 1.10 bits per heavy atom. The first-order valence-electron chi connectivity index (χ1n) is 7.01. The number of methoxy groups -OCH3 is 1. The van der Waals surface area contributed by atoms with Gasteiger partial charge in [-0.1, -0.05) is 0 Å². The number of likely N-dealkylation sites (N-methyl/N-ethyl adjacent to an activating group) is 1. The highest BCUT2D eigenvalue weighted by molar-refractivity contribution is 5.41. The van der Waals surface area contributed by atoms with Crippen molar-refractivity contribution in [3.63, 3.8) is 0 Å². The molecule has 0 radical (unpaired) electrons. The molecule has 0 saturated heterocycles. The number of aryl methyl sites for hydroxylation is 2. The normalized spacial score (nSPS) is 12.2. The summed E-state index contributed by atoms with van der Waals surface area (Å²) >= 11 is 0. The van der Waals surface area contributed by atoms with Gasteiger partial charge in [0.25, 0.3) is 0 Å². The van der Waals surface area contributed by atoms with Crippen molar-refractivity contribution in [1.29, 1.82) is 0 Å². The number of hydrogen-bond acceptors (Lipinski definition) is 5. The zero-order valence-corrected chi connectivity index (χ0v) is 13.3. The molecule has 2 heterocycles. The minimum absolute atomic E-state index is 0.0317. The van der Waals surface area contributed by atoms with Crippen molar-refractivity contribution in [2.75, 3.05) is 14.2 Å². The van der Waals surface area contributed by atoms with E-state index >= 15 is 0 Å². The number of hydrogen-bond donors (Lipinski definition) is 1. The Bertz CT molecular complexity index is 610. The van der Waals surface area contributed by atoms with Crippen LogP contribution in [0.15, 0.2) is 18.6 Å². The monoisotopic (exact) mass is 286 g/mol. The summed E-state index contributed by atoms with van der Waals surface area (Å²) in [6, 6.07) is 0.0317. The Morgan fingerprint density at radius 3 is 2.33 bits per heavy atom. The van der Waals surface area contributed by atoms with Crippen LogP contribution >= 0.6 is 0 Å². The SMILES string of the molecule is CNC(Cc1ncc(C)c(OC)c1C)c1ncc(C)cn1. The van der Waals surface area contributed by atoms with E-state index in [1.165, 1.54) is 0 Å². The Hall–Kier alpha value is -2.01. The molecule has 1 atom stereocenters. The fraction of sp³-hybridized carbons (Fsp3) is 0.438. The Kier molecular flexibility index (Phi) is 4.85. The lowest BCUT2D eigenvalue weighted by atomic mass is 10.0. The number of rotatable bonds is 5. The molecule has 0 aliphatic rings. The molecule has 0 fully saturated rings. The van der Waals surface area contributed by atoms with E-state index in [1.807, 2.05) is 46.4 Å². The summed E-state index contributed by atoms with van der Waals surface area (Å²) in [5.41, 5.74) is 4.18. The third-order valence-electron chi connectivity index (χ3n) is 3.61. The van der Waals surface area contributed by atoms with E-state index < -0.39 is 0 Å². The number of aromatic nitrogens is 3. The van der Waals surface area contributed by atoms with Gasteiger partial charge >= 0.3 is 0 Å². The van der Waals surface area contributed by atoms with Gasteiger partial charge < -0.3 is 10.1 Å². The third kappa shape index (κ3) is 3.36. The largest absolute Gasteiger partial charge is 0.496 e.